The lowest BCUT2D eigenvalue weighted by Crippen LogP contribution is -2.36. The highest BCUT2D eigenvalue weighted by Gasteiger charge is 2.45. The second kappa shape index (κ2) is 6.56. The topological polar surface area (TPSA) is 70.8 Å². The van der Waals surface area contributed by atoms with E-state index in [0.717, 1.165) is 17.9 Å². The normalized spacial score (nSPS) is 21.7. The van der Waals surface area contributed by atoms with Gasteiger partial charge in [0, 0.05) is 13.1 Å². The van der Waals surface area contributed by atoms with Crippen LogP contribution >= 0.6 is 11.8 Å². The van der Waals surface area contributed by atoms with Gasteiger partial charge < -0.3 is 14.4 Å². The number of nitrogens with zero attached hydrogens (tertiary/aromatic N) is 1. The highest BCUT2D eigenvalue weighted by atomic mass is 32.2. The largest absolute Gasteiger partial charge is 0.481 e. The van der Waals surface area contributed by atoms with Gasteiger partial charge in [0.05, 0.1) is 11.2 Å². The molecule has 1 aliphatic rings. The van der Waals surface area contributed by atoms with Crippen molar-refractivity contribution < 1.29 is 19.1 Å². The Kier molecular flexibility index (Phi) is 4.98. The molecule has 1 atom stereocenters. The highest BCUT2D eigenvalue weighted by molar-refractivity contribution is 7.97. The molecular formula is C15H21NO4S. The van der Waals surface area contributed by atoms with Crippen molar-refractivity contribution in [3.8, 4) is 0 Å². The highest BCUT2D eigenvalue weighted by Crippen LogP contribution is 2.36. The van der Waals surface area contributed by atoms with Gasteiger partial charge in [-0.25, -0.2) is 0 Å². The number of furan rings is 1. The molecule has 21 heavy (non-hydrogen) atoms. The van der Waals surface area contributed by atoms with Crippen LogP contribution in [0.25, 0.3) is 0 Å². The summed E-state index contributed by atoms with van der Waals surface area (Å²) in [4.78, 5) is 25.6. The summed E-state index contributed by atoms with van der Waals surface area (Å²) in [5.74, 6) is 0.783. The lowest BCUT2D eigenvalue weighted by atomic mass is 9.83. The monoisotopic (exact) mass is 311 g/mol. The van der Waals surface area contributed by atoms with E-state index in [1.54, 1.807) is 28.8 Å². The Morgan fingerprint density at radius 3 is 2.86 bits per heavy atom. The number of aliphatic carboxylic acids is 1. The Labute approximate surface area is 128 Å². The van der Waals surface area contributed by atoms with Crippen LogP contribution in [-0.2, 0) is 10.5 Å². The molecule has 1 aromatic rings. The van der Waals surface area contributed by atoms with Crippen LogP contribution in [0.5, 0.6) is 0 Å². The molecule has 0 bridgehead atoms. The van der Waals surface area contributed by atoms with Crippen molar-refractivity contribution >= 4 is 23.6 Å². The Balaban J connectivity index is 2.08. The molecule has 1 saturated heterocycles. The number of hydrogen-bond acceptors (Lipinski definition) is 4. The third kappa shape index (κ3) is 3.26. The van der Waals surface area contributed by atoms with E-state index in [1.165, 1.54) is 0 Å². The minimum Gasteiger partial charge on any atom is -0.481 e. The summed E-state index contributed by atoms with van der Waals surface area (Å²) in [5.41, 5.74) is -0.793. The van der Waals surface area contributed by atoms with Crippen LogP contribution in [0.1, 0.15) is 42.5 Å². The first-order valence-corrected chi connectivity index (χ1v) is 8.52. The van der Waals surface area contributed by atoms with Crippen molar-refractivity contribution in [3.05, 3.63) is 23.7 Å². The SMILES string of the molecule is CCCC1(C(=O)O)CCN(C(=O)c2ccc(CSC)o2)C1. The lowest BCUT2D eigenvalue weighted by molar-refractivity contribution is -0.148. The molecule has 0 aliphatic carbocycles. The van der Waals surface area contributed by atoms with Crippen LogP contribution in [0.15, 0.2) is 16.5 Å². The zero-order valence-electron chi connectivity index (χ0n) is 12.4. The molecule has 0 aromatic carbocycles. The number of rotatable bonds is 6. The zero-order chi connectivity index (χ0) is 15.5. The van der Waals surface area contributed by atoms with Gasteiger partial charge in [0.15, 0.2) is 5.76 Å². The maximum Gasteiger partial charge on any atom is 0.311 e. The maximum atomic E-state index is 12.4. The number of carboxylic acids is 1. The summed E-state index contributed by atoms with van der Waals surface area (Å²) in [6.07, 6.45) is 3.88. The summed E-state index contributed by atoms with van der Waals surface area (Å²) in [7, 11) is 0. The van der Waals surface area contributed by atoms with E-state index in [4.69, 9.17) is 4.42 Å². The molecule has 1 aliphatic heterocycles. The predicted molar refractivity (Wildman–Crippen MR) is 81.4 cm³/mol. The average molecular weight is 311 g/mol. The number of carbonyl (C=O) groups excluding carboxylic acids is 1. The first kappa shape index (κ1) is 15.9. The standard InChI is InChI=1S/C15H21NO4S/c1-3-6-15(14(18)19)7-8-16(10-15)13(17)12-5-4-11(20-12)9-21-2/h4-5H,3,6-10H2,1-2H3,(H,18,19). The molecule has 2 rings (SSSR count). The molecule has 2 heterocycles. The van der Waals surface area contributed by atoms with Gasteiger partial charge in [0.2, 0.25) is 0 Å². The summed E-state index contributed by atoms with van der Waals surface area (Å²) >= 11 is 1.63. The summed E-state index contributed by atoms with van der Waals surface area (Å²) in [5, 5.41) is 9.47. The molecule has 1 amide bonds. The molecule has 1 unspecified atom stereocenters. The molecular weight excluding hydrogens is 290 g/mol. The molecule has 1 aromatic heterocycles. The smallest absolute Gasteiger partial charge is 0.311 e. The minimum absolute atomic E-state index is 0.207. The van der Waals surface area contributed by atoms with E-state index < -0.39 is 11.4 Å². The van der Waals surface area contributed by atoms with Gasteiger partial charge in [-0.05, 0) is 31.2 Å². The average Bonchev–Trinajstić information content (AvgIpc) is 3.07. The minimum atomic E-state index is -0.804. The van der Waals surface area contributed by atoms with Crippen molar-refractivity contribution in [2.45, 2.75) is 31.9 Å². The Morgan fingerprint density at radius 1 is 1.48 bits per heavy atom. The zero-order valence-corrected chi connectivity index (χ0v) is 13.2. The number of amides is 1. The second-order valence-corrected chi connectivity index (χ2v) is 6.38. The number of thioether (sulfide) groups is 1. The fraction of sp³-hybridized carbons (Fsp3) is 0.600. The van der Waals surface area contributed by atoms with E-state index in [1.807, 2.05) is 13.2 Å². The Hall–Kier alpha value is -1.43. The number of hydrogen-bond donors (Lipinski definition) is 1. The van der Waals surface area contributed by atoms with E-state index in [-0.39, 0.29) is 12.5 Å². The van der Waals surface area contributed by atoms with Crippen molar-refractivity contribution in [2.75, 3.05) is 19.3 Å². The lowest BCUT2D eigenvalue weighted by Gasteiger charge is -2.23. The van der Waals surface area contributed by atoms with Crippen LogP contribution in [0.2, 0.25) is 0 Å². The predicted octanol–water partition coefficient (Wildman–Crippen LogP) is 2.86. The number of likely N-dealkylation sites (tertiary alicyclic amines) is 1. The van der Waals surface area contributed by atoms with E-state index >= 15 is 0 Å². The maximum absolute atomic E-state index is 12.4. The van der Waals surface area contributed by atoms with Crippen LogP contribution < -0.4 is 0 Å². The van der Waals surface area contributed by atoms with Crippen molar-refractivity contribution in [1.82, 2.24) is 4.90 Å². The van der Waals surface area contributed by atoms with Gasteiger partial charge in [-0.1, -0.05) is 13.3 Å². The summed E-state index contributed by atoms with van der Waals surface area (Å²) in [6, 6.07) is 3.48. The van der Waals surface area contributed by atoms with Crippen LogP contribution in [0.3, 0.4) is 0 Å². The van der Waals surface area contributed by atoms with Gasteiger partial charge >= 0.3 is 5.97 Å². The van der Waals surface area contributed by atoms with Crippen molar-refractivity contribution in [2.24, 2.45) is 5.41 Å². The molecule has 0 radical (unpaired) electrons. The van der Waals surface area contributed by atoms with Crippen molar-refractivity contribution in [1.29, 1.82) is 0 Å². The van der Waals surface area contributed by atoms with E-state index in [9.17, 15) is 14.7 Å². The van der Waals surface area contributed by atoms with Crippen LogP contribution in [-0.4, -0.2) is 41.2 Å². The van der Waals surface area contributed by atoms with Gasteiger partial charge in [-0.3, -0.25) is 9.59 Å². The van der Waals surface area contributed by atoms with Gasteiger partial charge in [-0.2, -0.15) is 11.8 Å². The Bertz CT molecular complexity index is 527. The van der Waals surface area contributed by atoms with Crippen molar-refractivity contribution in [3.63, 3.8) is 0 Å². The number of carbonyl (C=O) groups is 2. The third-order valence-corrected chi connectivity index (χ3v) is 4.56. The molecule has 0 spiro atoms. The molecule has 1 fully saturated rings. The summed E-state index contributed by atoms with van der Waals surface area (Å²) in [6.45, 7) is 2.72. The molecule has 0 saturated carbocycles. The van der Waals surface area contributed by atoms with Crippen LogP contribution in [0.4, 0.5) is 0 Å². The quantitative estimate of drug-likeness (QED) is 0.874. The van der Waals surface area contributed by atoms with E-state index in [0.29, 0.717) is 25.1 Å². The van der Waals surface area contributed by atoms with Gasteiger partial charge in [0.25, 0.3) is 5.91 Å². The first-order chi connectivity index (χ1) is 10.0. The third-order valence-electron chi connectivity index (χ3n) is 3.98. The number of carboxylic acid groups (broad SMARTS) is 1. The summed E-state index contributed by atoms with van der Waals surface area (Å²) < 4.78 is 5.53. The molecule has 1 N–H and O–H groups in total. The van der Waals surface area contributed by atoms with Gasteiger partial charge in [0.1, 0.15) is 5.76 Å². The molecule has 5 nitrogen and oxygen atoms in total. The molecule has 6 heteroatoms. The Morgan fingerprint density at radius 2 is 2.24 bits per heavy atom. The van der Waals surface area contributed by atoms with Crippen LogP contribution in [0, 0.1) is 5.41 Å². The first-order valence-electron chi connectivity index (χ1n) is 7.13. The van der Waals surface area contributed by atoms with Gasteiger partial charge in [-0.15, -0.1) is 0 Å². The second-order valence-electron chi connectivity index (χ2n) is 5.51. The fourth-order valence-corrected chi connectivity index (χ4v) is 3.32. The fourth-order valence-electron chi connectivity index (χ4n) is 2.88. The van der Waals surface area contributed by atoms with E-state index in [2.05, 4.69) is 0 Å². The molecule has 116 valence electrons.